The summed E-state index contributed by atoms with van der Waals surface area (Å²) in [6.45, 7) is 5.26. The minimum atomic E-state index is 0.0334. The number of pyridine rings is 1. The van der Waals surface area contributed by atoms with Crippen molar-refractivity contribution in [3.05, 3.63) is 48.3 Å². The summed E-state index contributed by atoms with van der Waals surface area (Å²) in [6.07, 6.45) is 3.75. The molecule has 0 unspecified atom stereocenters. The van der Waals surface area contributed by atoms with Crippen LogP contribution in [0.1, 0.15) is 17.3 Å². The van der Waals surface area contributed by atoms with Gasteiger partial charge in [-0.15, -0.1) is 0 Å². The van der Waals surface area contributed by atoms with Crippen molar-refractivity contribution in [3.63, 3.8) is 0 Å². The third-order valence-corrected chi connectivity index (χ3v) is 4.50. The number of hydrogen-bond donors (Lipinski definition) is 0. The van der Waals surface area contributed by atoms with Crippen LogP contribution in [0.3, 0.4) is 0 Å². The Hall–Kier alpha value is -2.73. The summed E-state index contributed by atoms with van der Waals surface area (Å²) in [5.41, 5.74) is 3.20. The monoisotopic (exact) mass is 336 g/mol. The number of carbonyl (C=O) groups excluding carboxylic acids is 1. The first-order valence-corrected chi connectivity index (χ1v) is 8.56. The average molecular weight is 336 g/mol. The van der Waals surface area contributed by atoms with E-state index in [9.17, 15) is 4.79 Å². The maximum atomic E-state index is 13.1. The predicted octanol–water partition coefficient (Wildman–Crippen LogP) is 2.59. The smallest absolute Gasteiger partial charge is 0.254 e. The van der Waals surface area contributed by atoms with Crippen molar-refractivity contribution in [1.82, 2.24) is 19.7 Å². The average Bonchev–Trinajstić information content (AvgIpc) is 3.16. The molecule has 0 spiro atoms. The summed E-state index contributed by atoms with van der Waals surface area (Å²) in [6, 6.07) is 9.66. The van der Waals surface area contributed by atoms with Crippen molar-refractivity contribution in [2.75, 3.05) is 26.3 Å². The van der Waals surface area contributed by atoms with Crippen molar-refractivity contribution in [1.29, 1.82) is 0 Å². The van der Waals surface area contributed by atoms with Crippen molar-refractivity contribution in [2.45, 2.75) is 13.5 Å². The zero-order chi connectivity index (χ0) is 17.2. The molecule has 1 amide bonds. The Balaban J connectivity index is 1.82. The van der Waals surface area contributed by atoms with E-state index in [1.807, 2.05) is 53.0 Å². The number of nitrogens with zero attached hydrogens (tertiary/aromatic N) is 4. The van der Waals surface area contributed by atoms with E-state index in [0.717, 1.165) is 28.7 Å². The van der Waals surface area contributed by atoms with Gasteiger partial charge < -0.3 is 9.64 Å². The Bertz CT molecular complexity index is 913. The normalized spacial score (nSPS) is 14.8. The van der Waals surface area contributed by atoms with Crippen LogP contribution in [0, 0.1) is 0 Å². The second-order valence-electron chi connectivity index (χ2n) is 6.06. The molecule has 1 aliphatic heterocycles. The number of aryl methyl sites for hydroxylation is 1. The summed E-state index contributed by atoms with van der Waals surface area (Å²) in [5.74, 6) is 0.0334. The van der Waals surface area contributed by atoms with Gasteiger partial charge in [-0.05, 0) is 19.1 Å². The number of ether oxygens (including phenoxy) is 1. The summed E-state index contributed by atoms with van der Waals surface area (Å²) in [7, 11) is 0. The highest BCUT2D eigenvalue weighted by molar-refractivity contribution is 6.07. The number of hydrogen-bond acceptors (Lipinski definition) is 4. The molecule has 3 heterocycles. The lowest BCUT2D eigenvalue weighted by atomic mass is 10.0. The molecule has 1 fully saturated rings. The van der Waals surface area contributed by atoms with Gasteiger partial charge in [0.2, 0.25) is 0 Å². The predicted molar refractivity (Wildman–Crippen MR) is 95.4 cm³/mol. The topological polar surface area (TPSA) is 60.2 Å². The fraction of sp³-hybridized carbons (Fsp3) is 0.316. The number of rotatable bonds is 3. The molecule has 6 heteroatoms. The van der Waals surface area contributed by atoms with E-state index in [1.165, 1.54) is 0 Å². The minimum Gasteiger partial charge on any atom is -0.378 e. The van der Waals surface area contributed by atoms with Crippen molar-refractivity contribution in [3.8, 4) is 11.3 Å². The number of fused-ring (bicyclic) bond motifs is 1. The molecule has 1 saturated heterocycles. The van der Waals surface area contributed by atoms with E-state index in [-0.39, 0.29) is 5.91 Å². The van der Waals surface area contributed by atoms with E-state index >= 15 is 0 Å². The second kappa shape index (κ2) is 6.64. The molecule has 0 saturated carbocycles. The fourth-order valence-electron chi connectivity index (χ4n) is 3.11. The maximum Gasteiger partial charge on any atom is 0.254 e. The molecule has 3 aromatic rings. The van der Waals surface area contributed by atoms with Gasteiger partial charge in [-0.2, -0.15) is 5.10 Å². The molecular formula is C19H20N4O2. The van der Waals surface area contributed by atoms with Crippen LogP contribution < -0.4 is 0 Å². The molecule has 2 aromatic heterocycles. The largest absolute Gasteiger partial charge is 0.378 e. The van der Waals surface area contributed by atoms with E-state index in [4.69, 9.17) is 9.72 Å². The van der Waals surface area contributed by atoms with Crippen molar-refractivity contribution < 1.29 is 9.53 Å². The molecule has 128 valence electrons. The minimum absolute atomic E-state index is 0.0334. The van der Waals surface area contributed by atoms with E-state index < -0.39 is 0 Å². The highest BCUT2D eigenvalue weighted by Gasteiger charge is 2.22. The third kappa shape index (κ3) is 3.00. The van der Waals surface area contributed by atoms with Crippen LogP contribution in [0.4, 0.5) is 0 Å². The van der Waals surface area contributed by atoms with Crippen LogP contribution in [-0.4, -0.2) is 51.9 Å². The first-order valence-electron chi connectivity index (χ1n) is 8.56. The molecule has 0 bridgehead atoms. The fourth-order valence-corrected chi connectivity index (χ4v) is 3.11. The van der Waals surface area contributed by atoms with Gasteiger partial charge in [0.05, 0.1) is 36.2 Å². The van der Waals surface area contributed by atoms with Gasteiger partial charge in [0.25, 0.3) is 5.91 Å². The van der Waals surface area contributed by atoms with Crippen LogP contribution >= 0.6 is 0 Å². The molecule has 1 aliphatic rings. The molecule has 0 atom stereocenters. The molecule has 4 rings (SSSR count). The standard InChI is InChI=1S/C19H20N4O2/c1-2-23-13-14(12-20-23)18-11-16(15-5-3-4-6-17(15)21-18)19(24)22-7-9-25-10-8-22/h3-6,11-13H,2,7-10H2,1H3. The SMILES string of the molecule is CCn1cc(-c2cc(C(=O)N3CCOCC3)c3ccccc3n2)cn1. The van der Waals surface area contributed by atoms with Crippen LogP contribution in [0.2, 0.25) is 0 Å². The lowest BCUT2D eigenvalue weighted by molar-refractivity contribution is 0.0304. The van der Waals surface area contributed by atoms with Gasteiger partial charge in [-0.3, -0.25) is 9.48 Å². The zero-order valence-electron chi connectivity index (χ0n) is 14.2. The van der Waals surface area contributed by atoms with Crippen LogP contribution in [0.5, 0.6) is 0 Å². The molecule has 0 N–H and O–H groups in total. The van der Waals surface area contributed by atoms with Gasteiger partial charge in [0.15, 0.2) is 0 Å². The van der Waals surface area contributed by atoms with Crippen molar-refractivity contribution >= 4 is 16.8 Å². The van der Waals surface area contributed by atoms with E-state index in [1.54, 1.807) is 6.20 Å². The second-order valence-corrected chi connectivity index (χ2v) is 6.06. The lowest BCUT2D eigenvalue weighted by Crippen LogP contribution is -2.40. The van der Waals surface area contributed by atoms with Crippen LogP contribution in [0.15, 0.2) is 42.7 Å². The lowest BCUT2D eigenvalue weighted by Gasteiger charge is -2.27. The number of para-hydroxylation sites is 1. The molecule has 25 heavy (non-hydrogen) atoms. The van der Waals surface area contributed by atoms with Gasteiger partial charge in [0.1, 0.15) is 0 Å². The molecule has 6 nitrogen and oxygen atoms in total. The molecule has 0 radical (unpaired) electrons. The summed E-state index contributed by atoms with van der Waals surface area (Å²) in [4.78, 5) is 19.7. The number of carbonyl (C=O) groups is 1. The molecule has 0 aliphatic carbocycles. The quantitative estimate of drug-likeness (QED) is 0.738. The van der Waals surface area contributed by atoms with E-state index in [0.29, 0.717) is 31.9 Å². The number of aromatic nitrogens is 3. The number of morpholine rings is 1. The highest BCUT2D eigenvalue weighted by Crippen LogP contribution is 2.26. The van der Waals surface area contributed by atoms with Gasteiger partial charge in [-0.25, -0.2) is 4.98 Å². The van der Waals surface area contributed by atoms with E-state index in [2.05, 4.69) is 5.10 Å². The van der Waals surface area contributed by atoms with Crippen LogP contribution in [0.25, 0.3) is 22.2 Å². The Morgan fingerprint density at radius 2 is 2.04 bits per heavy atom. The van der Waals surface area contributed by atoms with Gasteiger partial charge >= 0.3 is 0 Å². The number of benzene rings is 1. The Kier molecular flexibility index (Phi) is 4.19. The van der Waals surface area contributed by atoms with Gasteiger partial charge in [-0.1, -0.05) is 18.2 Å². The van der Waals surface area contributed by atoms with Crippen LogP contribution in [-0.2, 0) is 11.3 Å². The van der Waals surface area contributed by atoms with Crippen molar-refractivity contribution in [2.24, 2.45) is 0 Å². The Morgan fingerprint density at radius 1 is 1.24 bits per heavy atom. The summed E-state index contributed by atoms with van der Waals surface area (Å²) >= 11 is 0. The first kappa shape index (κ1) is 15.8. The maximum absolute atomic E-state index is 13.1. The zero-order valence-corrected chi connectivity index (χ0v) is 14.2. The number of amides is 1. The molecular weight excluding hydrogens is 316 g/mol. The summed E-state index contributed by atoms with van der Waals surface area (Å²) < 4.78 is 7.22. The highest BCUT2D eigenvalue weighted by atomic mass is 16.5. The Morgan fingerprint density at radius 3 is 2.80 bits per heavy atom. The first-order chi connectivity index (χ1) is 12.3. The third-order valence-electron chi connectivity index (χ3n) is 4.50. The molecule has 1 aromatic carbocycles. The van der Waals surface area contributed by atoms with Gasteiger partial charge in [0, 0.05) is 36.8 Å². The Labute approximate surface area is 146 Å². The summed E-state index contributed by atoms with van der Waals surface area (Å²) in [5, 5.41) is 5.20.